The summed E-state index contributed by atoms with van der Waals surface area (Å²) in [6.45, 7) is 8.39. The molecule has 5 heteroatoms. The zero-order valence-electron chi connectivity index (χ0n) is 11.6. The molecule has 0 aromatic rings. The number of ether oxygens (including phenoxy) is 1. The van der Waals surface area contributed by atoms with Gasteiger partial charge in [-0.15, -0.1) is 0 Å². The third kappa shape index (κ3) is 3.89. The first-order valence-corrected chi connectivity index (χ1v) is 6.40. The first kappa shape index (κ1) is 14.8. The van der Waals surface area contributed by atoms with Crippen molar-refractivity contribution in [1.82, 2.24) is 4.90 Å². The fourth-order valence-corrected chi connectivity index (χ4v) is 2.05. The quantitative estimate of drug-likeness (QED) is 0.843. The van der Waals surface area contributed by atoms with E-state index in [1.165, 1.54) is 4.90 Å². The molecule has 0 saturated carbocycles. The highest BCUT2D eigenvalue weighted by Crippen LogP contribution is 2.25. The Balaban J connectivity index is 2.51. The lowest BCUT2D eigenvalue weighted by Crippen LogP contribution is -2.44. The normalized spacial score (nSPS) is 24.1. The van der Waals surface area contributed by atoms with Gasteiger partial charge in [0, 0.05) is 6.04 Å². The van der Waals surface area contributed by atoms with Gasteiger partial charge in [0.25, 0.3) is 0 Å². The van der Waals surface area contributed by atoms with Gasteiger partial charge in [0.05, 0.1) is 6.61 Å². The zero-order chi connectivity index (χ0) is 13.9. The molecule has 0 spiro atoms. The molecule has 1 aliphatic rings. The van der Waals surface area contributed by atoms with Gasteiger partial charge in [0.2, 0.25) is 0 Å². The van der Waals surface area contributed by atoms with Gasteiger partial charge in [-0.25, -0.2) is 9.59 Å². The van der Waals surface area contributed by atoms with E-state index in [1.807, 2.05) is 6.92 Å². The molecule has 0 unspecified atom stereocenters. The summed E-state index contributed by atoms with van der Waals surface area (Å²) in [4.78, 5) is 24.3. The van der Waals surface area contributed by atoms with Crippen LogP contribution < -0.4 is 0 Å². The number of carboxylic acids is 1. The van der Waals surface area contributed by atoms with Gasteiger partial charge in [0.1, 0.15) is 6.04 Å². The minimum atomic E-state index is -0.952. The van der Waals surface area contributed by atoms with Crippen LogP contribution in [0.15, 0.2) is 0 Å². The summed E-state index contributed by atoms with van der Waals surface area (Å²) >= 11 is 0. The molecule has 5 nitrogen and oxygen atoms in total. The molecule has 1 saturated heterocycles. The number of likely N-dealkylation sites (tertiary alicyclic amines) is 1. The third-order valence-corrected chi connectivity index (χ3v) is 3.24. The molecule has 1 amide bonds. The second-order valence-corrected chi connectivity index (χ2v) is 6.11. The summed E-state index contributed by atoms with van der Waals surface area (Å²) in [6, 6.07) is -0.796. The Hall–Kier alpha value is -1.26. The highest BCUT2D eigenvalue weighted by molar-refractivity contribution is 5.81. The maximum absolute atomic E-state index is 11.9. The third-order valence-electron chi connectivity index (χ3n) is 3.24. The van der Waals surface area contributed by atoms with E-state index in [1.54, 1.807) is 0 Å². The van der Waals surface area contributed by atoms with Crippen molar-refractivity contribution in [1.29, 1.82) is 0 Å². The molecule has 1 N–H and O–H groups in total. The summed E-state index contributed by atoms with van der Waals surface area (Å²) < 4.78 is 5.18. The van der Waals surface area contributed by atoms with E-state index in [2.05, 4.69) is 20.8 Å². The first-order valence-electron chi connectivity index (χ1n) is 6.40. The van der Waals surface area contributed by atoms with Crippen molar-refractivity contribution in [3.8, 4) is 0 Å². The standard InChI is InChI=1S/C13H23NO4/c1-9-5-6-10(11(15)16)14(9)12(17)18-8-7-13(2,3)4/h9-10H,5-8H2,1-4H3,(H,15,16)/t9-,10-/m0/s1. The van der Waals surface area contributed by atoms with Gasteiger partial charge in [-0.2, -0.15) is 0 Å². The van der Waals surface area contributed by atoms with Crippen LogP contribution in [0.2, 0.25) is 0 Å². The topological polar surface area (TPSA) is 66.8 Å². The van der Waals surface area contributed by atoms with Crippen LogP contribution in [-0.2, 0) is 9.53 Å². The Morgan fingerprint density at radius 2 is 1.94 bits per heavy atom. The number of hydrogen-bond donors (Lipinski definition) is 1. The Kier molecular flexibility index (Phi) is 4.59. The van der Waals surface area contributed by atoms with Gasteiger partial charge in [0.15, 0.2) is 0 Å². The number of nitrogens with zero attached hydrogens (tertiary/aromatic N) is 1. The van der Waals surface area contributed by atoms with Gasteiger partial charge < -0.3 is 9.84 Å². The predicted octanol–water partition coefficient (Wildman–Crippen LogP) is 2.50. The molecule has 104 valence electrons. The lowest BCUT2D eigenvalue weighted by molar-refractivity contribution is -0.142. The van der Waals surface area contributed by atoms with Crippen molar-refractivity contribution >= 4 is 12.1 Å². The summed E-state index contributed by atoms with van der Waals surface area (Å²) in [5.41, 5.74) is 0.100. The highest BCUT2D eigenvalue weighted by atomic mass is 16.6. The van der Waals surface area contributed by atoms with E-state index in [-0.39, 0.29) is 11.5 Å². The van der Waals surface area contributed by atoms with Gasteiger partial charge in [-0.05, 0) is 31.6 Å². The van der Waals surface area contributed by atoms with Crippen LogP contribution in [0.3, 0.4) is 0 Å². The Morgan fingerprint density at radius 3 is 2.44 bits per heavy atom. The summed E-state index contributed by atoms with van der Waals surface area (Å²) in [5, 5.41) is 9.06. The summed E-state index contributed by atoms with van der Waals surface area (Å²) in [5.74, 6) is -0.952. The average Bonchev–Trinajstić information content (AvgIpc) is 2.58. The number of carboxylic acid groups (broad SMARTS) is 1. The summed E-state index contributed by atoms with van der Waals surface area (Å²) in [7, 11) is 0. The minimum Gasteiger partial charge on any atom is -0.480 e. The van der Waals surface area contributed by atoms with Crippen LogP contribution in [0.5, 0.6) is 0 Å². The van der Waals surface area contributed by atoms with Crippen LogP contribution in [0.25, 0.3) is 0 Å². The fraction of sp³-hybridized carbons (Fsp3) is 0.846. The molecule has 1 rings (SSSR count). The number of amides is 1. The molecular weight excluding hydrogens is 234 g/mol. The van der Waals surface area contributed by atoms with Crippen molar-refractivity contribution in [2.24, 2.45) is 5.41 Å². The molecule has 1 aliphatic heterocycles. The molecule has 18 heavy (non-hydrogen) atoms. The zero-order valence-corrected chi connectivity index (χ0v) is 11.6. The SMILES string of the molecule is C[C@H]1CC[C@@H](C(=O)O)N1C(=O)OCCC(C)(C)C. The number of hydrogen-bond acceptors (Lipinski definition) is 3. The van der Waals surface area contributed by atoms with E-state index in [4.69, 9.17) is 9.84 Å². The van der Waals surface area contributed by atoms with E-state index in [9.17, 15) is 9.59 Å². The van der Waals surface area contributed by atoms with Crippen LogP contribution in [0.1, 0.15) is 47.0 Å². The minimum absolute atomic E-state index is 0.0618. The molecule has 1 fully saturated rings. The van der Waals surface area contributed by atoms with Crippen molar-refractivity contribution in [3.05, 3.63) is 0 Å². The lowest BCUT2D eigenvalue weighted by atomic mass is 9.93. The number of carbonyl (C=O) groups excluding carboxylic acids is 1. The van der Waals surface area contributed by atoms with Crippen molar-refractivity contribution in [2.75, 3.05) is 6.61 Å². The van der Waals surface area contributed by atoms with Crippen molar-refractivity contribution in [2.45, 2.75) is 59.0 Å². The van der Waals surface area contributed by atoms with E-state index >= 15 is 0 Å². The second kappa shape index (κ2) is 5.59. The molecule has 0 aliphatic carbocycles. The first-order chi connectivity index (χ1) is 8.22. The number of rotatable bonds is 3. The van der Waals surface area contributed by atoms with Crippen LogP contribution in [-0.4, -0.2) is 40.8 Å². The maximum Gasteiger partial charge on any atom is 0.410 e. The highest BCUT2D eigenvalue weighted by Gasteiger charge is 2.39. The lowest BCUT2D eigenvalue weighted by Gasteiger charge is -2.26. The number of aliphatic carboxylic acids is 1. The van der Waals surface area contributed by atoms with E-state index in [0.29, 0.717) is 19.4 Å². The van der Waals surface area contributed by atoms with Crippen LogP contribution in [0, 0.1) is 5.41 Å². The van der Waals surface area contributed by atoms with Crippen LogP contribution >= 0.6 is 0 Å². The second-order valence-electron chi connectivity index (χ2n) is 6.11. The molecule has 0 aromatic heterocycles. The molecule has 2 atom stereocenters. The molecule has 0 radical (unpaired) electrons. The smallest absolute Gasteiger partial charge is 0.410 e. The molecule has 1 heterocycles. The number of carbonyl (C=O) groups is 2. The van der Waals surface area contributed by atoms with E-state index < -0.39 is 18.1 Å². The fourth-order valence-electron chi connectivity index (χ4n) is 2.05. The van der Waals surface area contributed by atoms with Gasteiger partial charge in [-0.3, -0.25) is 4.90 Å². The van der Waals surface area contributed by atoms with E-state index in [0.717, 1.165) is 6.42 Å². The Bertz CT molecular complexity index is 321. The maximum atomic E-state index is 11.9. The molecular formula is C13H23NO4. The van der Waals surface area contributed by atoms with Crippen molar-refractivity contribution in [3.63, 3.8) is 0 Å². The van der Waals surface area contributed by atoms with Gasteiger partial charge >= 0.3 is 12.1 Å². The van der Waals surface area contributed by atoms with Gasteiger partial charge in [-0.1, -0.05) is 20.8 Å². The van der Waals surface area contributed by atoms with Crippen molar-refractivity contribution < 1.29 is 19.4 Å². The molecule has 0 aromatic carbocycles. The largest absolute Gasteiger partial charge is 0.480 e. The Morgan fingerprint density at radius 1 is 1.33 bits per heavy atom. The Labute approximate surface area is 108 Å². The average molecular weight is 257 g/mol. The van der Waals surface area contributed by atoms with Crippen LogP contribution in [0.4, 0.5) is 4.79 Å². The summed E-state index contributed by atoms with van der Waals surface area (Å²) in [6.07, 6.45) is 1.48. The predicted molar refractivity (Wildman–Crippen MR) is 67.4 cm³/mol. The molecule has 0 bridgehead atoms. The monoisotopic (exact) mass is 257 g/mol.